The Bertz CT molecular complexity index is 300. The van der Waals surface area contributed by atoms with Crippen molar-refractivity contribution in [1.82, 2.24) is 20.5 Å². The van der Waals surface area contributed by atoms with E-state index in [0.29, 0.717) is 5.82 Å². The van der Waals surface area contributed by atoms with E-state index >= 15 is 0 Å². The van der Waals surface area contributed by atoms with Crippen LogP contribution in [-0.4, -0.2) is 46.6 Å². The third-order valence-electron chi connectivity index (χ3n) is 1.63. The fourth-order valence-electron chi connectivity index (χ4n) is 0.954. The van der Waals surface area contributed by atoms with Crippen LogP contribution in [0.2, 0.25) is 0 Å². The average molecular weight is 230 g/mol. The van der Waals surface area contributed by atoms with Crippen molar-refractivity contribution in [3.05, 3.63) is 11.6 Å². The van der Waals surface area contributed by atoms with Gasteiger partial charge in [0.2, 0.25) is 5.82 Å². The molecule has 1 aromatic heterocycles. The second-order valence-corrected chi connectivity index (χ2v) is 3.32. The molecule has 2 heterocycles. The third-order valence-corrected chi connectivity index (χ3v) is 1.83. The van der Waals surface area contributed by atoms with Crippen molar-refractivity contribution in [3.8, 4) is 0 Å². The minimum absolute atomic E-state index is 0.121. The maximum Gasteiger partial charge on any atom is 0.255 e. The molecule has 0 unspecified atom stereocenters. The van der Waals surface area contributed by atoms with Gasteiger partial charge in [0.15, 0.2) is 0 Å². The molecule has 0 spiro atoms. The first-order valence-corrected chi connectivity index (χ1v) is 5.05. The number of H-pyrrole nitrogens is 1. The number of nitrogens with one attached hydrogen (secondary N) is 2. The SMILES string of the molecule is C1COCCN1.Cc1nc(C(=O)S)n[nH]1. The van der Waals surface area contributed by atoms with E-state index in [1.165, 1.54) is 0 Å². The van der Waals surface area contributed by atoms with Crippen LogP contribution in [0.5, 0.6) is 0 Å². The van der Waals surface area contributed by atoms with Crippen molar-refractivity contribution >= 4 is 17.7 Å². The average Bonchev–Trinajstić information content (AvgIpc) is 2.69. The van der Waals surface area contributed by atoms with Gasteiger partial charge in [-0.1, -0.05) is 12.6 Å². The Kier molecular flexibility index (Phi) is 5.30. The Morgan fingerprint density at radius 3 is 2.33 bits per heavy atom. The van der Waals surface area contributed by atoms with Gasteiger partial charge in [-0.2, -0.15) is 0 Å². The van der Waals surface area contributed by atoms with Crippen molar-refractivity contribution < 1.29 is 9.53 Å². The van der Waals surface area contributed by atoms with Crippen LogP contribution in [0.15, 0.2) is 0 Å². The topological polar surface area (TPSA) is 79.9 Å². The Morgan fingerprint density at radius 2 is 2.13 bits per heavy atom. The molecule has 15 heavy (non-hydrogen) atoms. The summed E-state index contributed by atoms with van der Waals surface area (Å²) >= 11 is 3.52. The van der Waals surface area contributed by atoms with Crippen LogP contribution in [0.25, 0.3) is 0 Å². The zero-order valence-electron chi connectivity index (χ0n) is 8.49. The number of hydrogen-bond acceptors (Lipinski definition) is 5. The van der Waals surface area contributed by atoms with Gasteiger partial charge in [-0.05, 0) is 6.92 Å². The number of aromatic nitrogens is 3. The van der Waals surface area contributed by atoms with Crippen molar-refractivity contribution in [1.29, 1.82) is 0 Å². The smallest absolute Gasteiger partial charge is 0.255 e. The van der Waals surface area contributed by atoms with Gasteiger partial charge in [-0.25, -0.2) is 4.98 Å². The van der Waals surface area contributed by atoms with Gasteiger partial charge in [-0.15, -0.1) is 5.10 Å². The van der Waals surface area contributed by atoms with Crippen molar-refractivity contribution in [2.24, 2.45) is 0 Å². The van der Waals surface area contributed by atoms with E-state index in [-0.39, 0.29) is 5.82 Å². The Balaban J connectivity index is 0.000000162. The molecule has 1 aliphatic heterocycles. The van der Waals surface area contributed by atoms with Gasteiger partial charge >= 0.3 is 0 Å². The normalized spacial score (nSPS) is 15.3. The maximum atomic E-state index is 10.4. The lowest BCUT2D eigenvalue weighted by atomic mass is 10.5. The van der Waals surface area contributed by atoms with Gasteiger partial charge in [0, 0.05) is 13.1 Å². The number of morpholine rings is 1. The lowest BCUT2D eigenvalue weighted by Gasteiger charge is -2.10. The first-order valence-electron chi connectivity index (χ1n) is 4.61. The highest BCUT2D eigenvalue weighted by Crippen LogP contribution is 1.93. The fraction of sp³-hybridized carbons (Fsp3) is 0.625. The number of carbonyl (C=O) groups is 1. The molecule has 2 N–H and O–H groups in total. The highest BCUT2D eigenvalue weighted by molar-refractivity contribution is 7.97. The summed E-state index contributed by atoms with van der Waals surface area (Å²) in [5.41, 5.74) is 0. The second-order valence-electron chi connectivity index (χ2n) is 2.91. The molecule has 0 amide bonds. The molecule has 0 radical (unpaired) electrons. The first-order chi connectivity index (χ1) is 7.20. The minimum Gasteiger partial charge on any atom is -0.379 e. The number of thiol groups is 1. The molecule has 1 aromatic rings. The summed E-state index contributed by atoms with van der Waals surface area (Å²) in [4.78, 5) is 14.1. The summed E-state index contributed by atoms with van der Waals surface area (Å²) in [5.74, 6) is 0.739. The molecule has 0 bridgehead atoms. The molecule has 1 aliphatic rings. The number of nitrogens with zero attached hydrogens (tertiary/aromatic N) is 2. The molecular weight excluding hydrogens is 216 g/mol. The van der Waals surface area contributed by atoms with E-state index in [9.17, 15) is 4.79 Å². The number of aromatic amines is 1. The monoisotopic (exact) mass is 230 g/mol. The third kappa shape index (κ3) is 4.91. The van der Waals surface area contributed by atoms with E-state index in [1.807, 2.05) is 0 Å². The highest BCUT2D eigenvalue weighted by Gasteiger charge is 2.03. The molecule has 1 saturated heterocycles. The Hall–Kier alpha value is -0.920. The number of rotatable bonds is 1. The number of aryl methyl sites for hydroxylation is 1. The molecule has 0 aliphatic carbocycles. The van der Waals surface area contributed by atoms with Crippen molar-refractivity contribution in [2.75, 3.05) is 26.3 Å². The van der Waals surface area contributed by atoms with E-state index < -0.39 is 5.12 Å². The molecule has 1 fully saturated rings. The Morgan fingerprint density at radius 1 is 1.47 bits per heavy atom. The molecule has 84 valence electrons. The lowest BCUT2D eigenvalue weighted by molar-refractivity contribution is 0.108. The molecule has 2 rings (SSSR count). The van der Waals surface area contributed by atoms with E-state index in [0.717, 1.165) is 26.3 Å². The van der Waals surface area contributed by atoms with Gasteiger partial charge < -0.3 is 10.1 Å². The molecule has 0 atom stereocenters. The van der Waals surface area contributed by atoms with Gasteiger partial charge in [0.1, 0.15) is 5.82 Å². The summed E-state index contributed by atoms with van der Waals surface area (Å²) in [6.07, 6.45) is 0. The van der Waals surface area contributed by atoms with E-state index in [2.05, 4.69) is 33.1 Å². The van der Waals surface area contributed by atoms with Crippen LogP contribution < -0.4 is 5.32 Å². The molecule has 7 heteroatoms. The number of carbonyl (C=O) groups excluding carboxylic acids is 1. The van der Waals surface area contributed by atoms with Crippen LogP contribution in [0.3, 0.4) is 0 Å². The second kappa shape index (κ2) is 6.54. The van der Waals surface area contributed by atoms with Crippen LogP contribution in [0, 0.1) is 6.92 Å². The summed E-state index contributed by atoms with van der Waals surface area (Å²) in [5, 5.41) is 8.81. The highest BCUT2D eigenvalue weighted by atomic mass is 32.1. The maximum absolute atomic E-state index is 10.4. The van der Waals surface area contributed by atoms with Crippen molar-refractivity contribution in [2.45, 2.75) is 6.92 Å². The van der Waals surface area contributed by atoms with E-state index in [1.54, 1.807) is 6.92 Å². The standard InChI is InChI=1S/C4H5N3OS.C4H9NO/c1-2-5-3(4(8)9)7-6-2;1-3-6-4-2-5-1/h1H3,(H,8,9)(H,5,6,7);5H,1-4H2. The summed E-state index contributed by atoms with van der Waals surface area (Å²) in [6.45, 7) is 5.55. The van der Waals surface area contributed by atoms with Crippen LogP contribution in [0.1, 0.15) is 16.4 Å². The van der Waals surface area contributed by atoms with Crippen LogP contribution >= 0.6 is 12.6 Å². The number of ether oxygens (including phenoxy) is 1. The number of hydrogen-bond donors (Lipinski definition) is 3. The molecule has 0 aromatic carbocycles. The zero-order chi connectivity index (χ0) is 11.1. The predicted molar refractivity (Wildman–Crippen MR) is 58.1 cm³/mol. The van der Waals surface area contributed by atoms with Gasteiger partial charge in [0.05, 0.1) is 13.2 Å². The predicted octanol–water partition coefficient (Wildman–Crippen LogP) is -0.211. The first kappa shape index (κ1) is 12.2. The summed E-state index contributed by atoms with van der Waals surface area (Å²) in [7, 11) is 0. The van der Waals surface area contributed by atoms with Gasteiger partial charge in [-0.3, -0.25) is 9.89 Å². The quantitative estimate of drug-likeness (QED) is 0.582. The zero-order valence-corrected chi connectivity index (χ0v) is 9.38. The molecular formula is C8H14N4O2S. The lowest BCUT2D eigenvalue weighted by Crippen LogP contribution is -2.30. The summed E-state index contributed by atoms with van der Waals surface area (Å²) < 4.78 is 5.01. The summed E-state index contributed by atoms with van der Waals surface area (Å²) in [6, 6.07) is 0. The minimum atomic E-state index is -0.417. The molecule has 6 nitrogen and oxygen atoms in total. The van der Waals surface area contributed by atoms with Gasteiger partial charge in [0.25, 0.3) is 5.12 Å². The van der Waals surface area contributed by atoms with Crippen LogP contribution in [-0.2, 0) is 4.74 Å². The van der Waals surface area contributed by atoms with E-state index in [4.69, 9.17) is 4.74 Å². The van der Waals surface area contributed by atoms with Crippen LogP contribution in [0.4, 0.5) is 0 Å². The van der Waals surface area contributed by atoms with Crippen molar-refractivity contribution in [3.63, 3.8) is 0 Å². The fourth-order valence-corrected chi connectivity index (χ4v) is 1.05. The largest absolute Gasteiger partial charge is 0.379 e. The molecule has 0 saturated carbocycles. The Labute approximate surface area is 93.2 Å².